The number of halogens is 1. The van der Waals surface area contributed by atoms with Crippen LogP contribution in [0.3, 0.4) is 0 Å². The van der Waals surface area contributed by atoms with Crippen molar-refractivity contribution in [2.24, 2.45) is 0 Å². The van der Waals surface area contributed by atoms with Crippen LogP contribution in [0.25, 0.3) is 0 Å². The van der Waals surface area contributed by atoms with E-state index in [1.54, 1.807) is 24.4 Å². The Morgan fingerprint density at radius 1 is 1.08 bits per heavy atom. The van der Waals surface area contributed by atoms with E-state index in [4.69, 9.17) is 11.6 Å². The van der Waals surface area contributed by atoms with E-state index in [2.05, 4.69) is 10.3 Å². The number of carbonyl (C=O) groups excluding carboxylic acids is 1. The number of carbonyl (C=O) groups is 1. The Bertz CT molecular complexity index is 868. The Morgan fingerprint density at radius 2 is 1.88 bits per heavy atom. The average Bonchev–Trinajstić information content (AvgIpc) is 2.59. The third-order valence-electron chi connectivity index (χ3n) is 3.35. The highest BCUT2D eigenvalue weighted by molar-refractivity contribution is 7.99. The maximum atomic E-state index is 12.6. The number of hydrogen-bond acceptors (Lipinski definition) is 3. The molecule has 1 amide bonds. The molecule has 0 unspecified atom stereocenters. The van der Waals surface area contributed by atoms with Gasteiger partial charge in [-0.2, -0.15) is 0 Å². The van der Waals surface area contributed by atoms with Gasteiger partial charge in [-0.15, -0.1) is 0 Å². The zero-order valence-electron chi connectivity index (χ0n) is 13.0. The van der Waals surface area contributed by atoms with E-state index in [1.165, 1.54) is 11.8 Å². The van der Waals surface area contributed by atoms with Gasteiger partial charge in [-0.25, -0.2) is 4.98 Å². The molecular weight excluding hydrogens is 340 g/mol. The first-order valence-corrected chi connectivity index (χ1v) is 8.58. The number of amides is 1. The molecular formula is C19H15ClN2OS. The fraction of sp³-hybridized carbons (Fsp3) is 0.0526. The fourth-order valence-electron chi connectivity index (χ4n) is 2.16. The summed E-state index contributed by atoms with van der Waals surface area (Å²) in [6.07, 6.45) is 1.68. The molecule has 0 aliphatic carbocycles. The maximum Gasteiger partial charge on any atom is 0.258 e. The molecule has 0 atom stereocenters. The van der Waals surface area contributed by atoms with Crippen LogP contribution >= 0.6 is 23.4 Å². The van der Waals surface area contributed by atoms with Gasteiger partial charge in [-0.05, 0) is 48.9 Å². The van der Waals surface area contributed by atoms with Crippen molar-refractivity contribution >= 4 is 35.0 Å². The van der Waals surface area contributed by atoms with E-state index in [9.17, 15) is 4.79 Å². The van der Waals surface area contributed by atoms with Gasteiger partial charge in [0.2, 0.25) is 0 Å². The van der Waals surface area contributed by atoms with Crippen LogP contribution in [0, 0.1) is 6.92 Å². The van der Waals surface area contributed by atoms with Crippen LogP contribution in [-0.4, -0.2) is 10.9 Å². The molecule has 5 heteroatoms. The molecule has 1 heterocycles. The average molecular weight is 355 g/mol. The van der Waals surface area contributed by atoms with E-state index in [0.717, 1.165) is 10.5 Å². The first-order valence-electron chi connectivity index (χ1n) is 7.39. The first kappa shape index (κ1) is 16.6. The van der Waals surface area contributed by atoms with Gasteiger partial charge in [-0.1, -0.05) is 47.6 Å². The highest BCUT2D eigenvalue weighted by atomic mass is 35.5. The van der Waals surface area contributed by atoms with Crippen molar-refractivity contribution in [3.05, 3.63) is 83.0 Å². The van der Waals surface area contributed by atoms with E-state index in [1.807, 2.05) is 49.4 Å². The highest BCUT2D eigenvalue weighted by Crippen LogP contribution is 2.29. The molecule has 24 heavy (non-hydrogen) atoms. The molecule has 3 aromatic rings. The van der Waals surface area contributed by atoms with Gasteiger partial charge in [0, 0.05) is 11.1 Å². The number of rotatable bonds is 4. The predicted molar refractivity (Wildman–Crippen MR) is 98.9 cm³/mol. The SMILES string of the molecule is Cc1ccc(NC(=O)c2cccnc2Sc2ccccc2)c(Cl)c1. The fourth-order valence-corrected chi connectivity index (χ4v) is 3.34. The second-order valence-corrected chi connectivity index (χ2v) is 6.68. The molecule has 120 valence electrons. The number of anilines is 1. The number of pyridine rings is 1. The summed E-state index contributed by atoms with van der Waals surface area (Å²) in [5.41, 5.74) is 2.15. The summed E-state index contributed by atoms with van der Waals surface area (Å²) in [5.74, 6) is -0.229. The maximum absolute atomic E-state index is 12.6. The van der Waals surface area contributed by atoms with E-state index < -0.39 is 0 Å². The standard InChI is InChI=1S/C19H15ClN2OS/c1-13-9-10-17(16(20)12-13)22-18(23)15-8-5-11-21-19(15)24-14-6-3-2-4-7-14/h2-12H,1H3,(H,22,23). The van der Waals surface area contributed by atoms with Gasteiger partial charge in [0.1, 0.15) is 5.03 Å². The second-order valence-electron chi connectivity index (χ2n) is 5.21. The first-order chi connectivity index (χ1) is 11.6. The molecule has 1 aromatic heterocycles. The molecule has 3 nitrogen and oxygen atoms in total. The van der Waals surface area contributed by atoms with Gasteiger partial charge in [0.15, 0.2) is 0 Å². The van der Waals surface area contributed by atoms with Crippen molar-refractivity contribution in [1.82, 2.24) is 4.98 Å². The summed E-state index contributed by atoms with van der Waals surface area (Å²) < 4.78 is 0. The smallest absolute Gasteiger partial charge is 0.258 e. The number of hydrogen-bond donors (Lipinski definition) is 1. The lowest BCUT2D eigenvalue weighted by atomic mass is 10.2. The van der Waals surface area contributed by atoms with Crippen molar-refractivity contribution in [2.75, 3.05) is 5.32 Å². The lowest BCUT2D eigenvalue weighted by Crippen LogP contribution is -2.14. The molecule has 3 rings (SSSR count). The van der Waals surface area contributed by atoms with Crippen LogP contribution in [0.2, 0.25) is 5.02 Å². The van der Waals surface area contributed by atoms with Gasteiger partial charge >= 0.3 is 0 Å². The van der Waals surface area contributed by atoms with Crippen LogP contribution in [-0.2, 0) is 0 Å². The number of nitrogens with one attached hydrogen (secondary N) is 1. The predicted octanol–water partition coefficient (Wildman–Crippen LogP) is 5.45. The van der Waals surface area contributed by atoms with E-state index in [0.29, 0.717) is 21.3 Å². The van der Waals surface area contributed by atoms with Crippen molar-refractivity contribution in [3.63, 3.8) is 0 Å². The summed E-state index contributed by atoms with van der Waals surface area (Å²) in [6.45, 7) is 1.95. The van der Waals surface area contributed by atoms with E-state index in [-0.39, 0.29) is 5.91 Å². The molecule has 0 saturated heterocycles. The molecule has 0 fully saturated rings. The minimum atomic E-state index is -0.229. The molecule has 1 N–H and O–H groups in total. The van der Waals surface area contributed by atoms with Gasteiger partial charge in [-0.3, -0.25) is 4.79 Å². The largest absolute Gasteiger partial charge is 0.321 e. The number of benzene rings is 2. The Kier molecular flexibility index (Phi) is 5.18. The third-order valence-corrected chi connectivity index (χ3v) is 4.69. The van der Waals surface area contributed by atoms with Gasteiger partial charge in [0.05, 0.1) is 16.3 Å². The Balaban J connectivity index is 1.85. The topological polar surface area (TPSA) is 42.0 Å². The van der Waals surface area contributed by atoms with Crippen molar-refractivity contribution in [1.29, 1.82) is 0 Å². The molecule has 0 radical (unpaired) electrons. The second kappa shape index (κ2) is 7.51. The lowest BCUT2D eigenvalue weighted by Gasteiger charge is -2.10. The number of aromatic nitrogens is 1. The molecule has 0 aliphatic rings. The summed E-state index contributed by atoms with van der Waals surface area (Å²) >= 11 is 7.65. The molecule has 0 spiro atoms. The monoisotopic (exact) mass is 354 g/mol. The number of aryl methyl sites for hydroxylation is 1. The Hall–Kier alpha value is -2.30. The van der Waals surface area contributed by atoms with E-state index >= 15 is 0 Å². The van der Waals surface area contributed by atoms with Crippen LogP contribution in [0.1, 0.15) is 15.9 Å². The molecule has 0 bridgehead atoms. The highest BCUT2D eigenvalue weighted by Gasteiger charge is 2.14. The molecule has 0 aliphatic heterocycles. The van der Waals surface area contributed by atoms with Gasteiger partial charge < -0.3 is 5.32 Å². The molecule has 2 aromatic carbocycles. The summed E-state index contributed by atoms with van der Waals surface area (Å²) in [7, 11) is 0. The normalized spacial score (nSPS) is 10.4. The number of nitrogens with zero attached hydrogens (tertiary/aromatic N) is 1. The Labute approximate surface area is 150 Å². The van der Waals surface area contributed by atoms with Crippen LogP contribution in [0.5, 0.6) is 0 Å². The minimum absolute atomic E-state index is 0.229. The van der Waals surface area contributed by atoms with Crippen molar-refractivity contribution < 1.29 is 4.79 Å². The summed E-state index contributed by atoms with van der Waals surface area (Å²) in [6, 6.07) is 18.9. The zero-order chi connectivity index (χ0) is 16.9. The van der Waals surface area contributed by atoms with Crippen LogP contribution in [0.15, 0.2) is 76.8 Å². The summed E-state index contributed by atoms with van der Waals surface area (Å²) in [4.78, 5) is 18.0. The third kappa shape index (κ3) is 3.96. The van der Waals surface area contributed by atoms with Crippen LogP contribution < -0.4 is 5.32 Å². The van der Waals surface area contributed by atoms with Gasteiger partial charge in [0.25, 0.3) is 5.91 Å². The minimum Gasteiger partial charge on any atom is -0.321 e. The summed E-state index contributed by atoms with van der Waals surface area (Å²) in [5, 5.41) is 4.03. The van der Waals surface area contributed by atoms with Crippen LogP contribution in [0.4, 0.5) is 5.69 Å². The van der Waals surface area contributed by atoms with Crippen molar-refractivity contribution in [2.45, 2.75) is 16.8 Å². The van der Waals surface area contributed by atoms with Crippen molar-refractivity contribution in [3.8, 4) is 0 Å². The zero-order valence-corrected chi connectivity index (χ0v) is 14.6. The lowest BCUT2D eigenvalue weighted by molar-refractivity contribution is 0.102. The Morgan fingerprint density at radius 3 is 2.62 bits per heavy atom. The molecule has 0 saturated carbocycles. The quantitative estimate of drug-likeness (QED) is 0.677.